The van der Waals surface area contributed by atoms with Gasteiger partial charge in [0.1, 0.15) is 12.4 Å². The monoisotopic (exact) mass is 673 g/mol. The van der Waals surface area contributed by atoms with Crippen LogP contribution < -0.4 is 4.74 Å². The highest BCUT2D eigenvalue weighted by Crippen LogP contribution is 2.36. The molecule has 9 heteroatoms. The summed E-state index contributed by atoms with van der Waals surface area (Å²) in [5, 5.41) is 0.766. The molecule has 4 rings (SSSR count). The highest BCUT2D eigenvalue weighted by molar-refractivity contribution is 14.1. The smallest absolute Gasteiger partial charge is 0.293 e. The molecule has 0 radical (unpaired) electrons. The zero-order chi connectivity index (χ0) is 23.5. The molecular formula is C24H15BrCl2INO3S. The normalized spacial score (nSPS) is 14.9. The van der Waals surface area contributed by atoms with Crippen LogP contribution in [0.2, 0.25) is 10.0 Å². The number of amides is 2. The Bertz CT molecular complexity index is 1270. The minimum atomic E-state index is -0.324. The number of halogens is 4. The first kappa shape index (κ1) is 24.6. The maximum absolute atomic E-state index is 13.0. The van der Waals surface area contributed by atoms with Crippen LogP contribution >= 0.6 is 73.5 Å². The Balaban J connectivity index is 1.55. The quantitative estimate of drug-likeness (QED) is 0.196. The predicted molar refractivity (Wildman–Crippen MR) is 146 cm³/mol. The third-order valence-electron chi connectivity index (χ3n) is 4.78. The van der Waals surface area contributed by atoms with Crippen molar-refractivity contribution >= 4 is 90.7 Å². The van der Waals surface area contributed by atoms with Crippen molar-refractivity contribution in [3.63, 3.8) is 0 Å². The lowest BCUT2D eigenvalue weighted by Gasteiger charge is -2.13. The van der Waals surface area contributed by atoms with E-state index < -0.39 is 0 Å². The standard InChI is InChI=1S/C24H15BrCl2INO3S/c25-17-4-8-21(32-13-15-3-5-18(26)11-20(15)27)16(9-17)10-22-23(30)29(24(31)33-22)12-14-1-6-19(28)7-2-14/h1-11H,12-13H2/b22-10-. The summed E-state index contributed by atoms with van der Waals surface area (Å²) in [6.07, 6.45) is 1.68. The molecule has 168 valence electrons. The number of ether oxygens (including phenoxy) is 1. The summed E-state index contributed by atoms with van der Waals surface area (Å²) in [6, 6.07) is 18.4. The summed E-state index contributed by atoms with van der Waals surface area (Å²) in [7, 11) is 0. The predicted octanol–water partition coefficient (Wildman–Crippen LogP) is 8.18. The van der Waals surface area contributed by atoms with E-state index in [1.165, 1.54) is 4.90 Å². The van der Waals surface area contributed by atoms with Crippen molar-refractivity contribution in [3.8, 4) is 5.75 Å². The molecule has 0 saturated carbocycles. The number of carbonyl (C=O) groups is 2. The van der Waals surface area contributed by atoms with Crippen LogP contribution in [0, 0.1) is 3.57 Å². The largest absolute Gasteiger partial charge is 0.488 e. The fraction of sp³-hybridized carbons (Fsp3) is 0.0833. The number of imide groups is 1. The van der Waals surface area contributed by atoms with Gasteiger partial charge >= 0.3 is 0 Å². The molecule has 0 N–H and O–H groups in total. The number of rotatable bonds is 6. The Morgan fingerprint density at radius 2 is 1.79 bits per heavy atom. The number of hydrogen-bond donors (Lipinski definition) is 0. The van der Waals surface area contributed by atoms with E-state index in [9.17, 15) is 9.59 Å². The van der Waals surface area contributed by atoms with Crippen LogP contribution in [0.5, 0.6) is 5.75 Å². The minimum absolute atomic E-state index is 0.229. The molecule has 0 atom stereocenters. The lowest BCUT2D eigenvalue weighted by molar-refractivity contribution is -0.123. The molecule has 0 aromatic heterocycles. The third-order valence-corrected chi connectivity index (χ3v) is 7.49. The van der Waals surface area contributed by atoms with Crippen molar-refractivity contribution in [1.82, 2.24) is 4.90 Å². The number of carbonyl (C=O) groups excluding carboxylic acids is 2. The molecule has 33 heavy (non-hydrogen) atoms. The van der Waals surface area contributed by atoms with Gasteiger partial charge in [-0.2, -0.15) is 0 Å². The highest BCUT2D eigenvalue weighted by Gasteiger charge is 2.35. The molecule has 3 aromatic rings. The SMILES string of the molecule is O=C1S/C(=C\c2cc(Br)ccc2OCc2ccc(Cl)cc2Cl)C(=O)N1Cc1ccc(I)cc1. The Hall–Kier alpha value is -1.52. The van der Waals surface area contributed by atoms with Gasteiger partial charge < -0.3 is 4.74 Å². The molecule has 3 aromatic carbocycles. The molecule has 0 aliphatic carbocycles. The summed E-state index contributed by atoms with van der Waals surface area (Å²) in [6.45, 7) is 0.461. The molecule has 1 fully saturated rings. The highest BCUT2D eigenvalue weighted by atomic mass is 127. The molecule has 2 amide bonds. The van der Waals surface area contributed by atoms with E-state index in [1.807, 2.05) is 36.4 Å². The molecule has 1 saturated heterocycles. The second-order valence-electron chi connectivity index (χ2n) is 7.10. The molecule has 1 heterocycles. The maximum atomic E-state index is 13.0. The van der Waals surface area contributed by atoms with E-state index >= 15 is 0 Å². The van der Waals surface area contributed by atoms with Gasteiger partial charge in [-0.3, -0.25) is 14.5 Å². The van der Waals surface area contributed by atoms with Gasteiger partial charge in [-0.1, -0.05) is 57.3 Å². The molecule has 0 spiro atoms. The lowest BCUT2D eigenvalue weighted by atomic mass is 10.1. The van der Waals surface area contributed by atoms with Gasteiger partial charge in [-0.15, -0.1) is 0 Å². The summed E-state index contributed by atoms with van der Waals surface area (Å²) in [4.78, 5) is 27.1. The van der Waals surface area contributed by atoms with Gasteiger partial charge in [0.15, 0.2) is 0 Å². The van der Waals surface area contributed by atoms with Gasteiger partial charge in [0, 0.05) is 29.2 Å². The first-order chi connectivity index (χ1) is 15.8. The van der Waals surface area contributed by atoms with Crippen LogP contribution in [0.25, 0.3) is 6.08 Å². The second kappa shape index (κ2) is 10.8. The van der Waals surface area contributed by atoms with E-state index in [4.69, 9.17) is 27.9 Å². The van der Waals surface area contributed by atoms with Gasteiger partial charge in [-0.05, 0) is 88.5 Å². The van der Waals surface area contributed by atoms with Crippen LogP contribution in [0.4, 0.5) is 4.79 Å². The second-order valence-corrected chi connectivity index (χ2v) is 11.1. The van der Waals surface area contributed by atoms with Crippen molar-refractivity contribution in [2.24, 2.45) is 0 Å². The summed E-state index contributed by atoms with van der Waals surface area (Å²) < 4.78 is 7.91. The van der Waals surface area contributed by atoms with Crippen molar-refractivity contribution in [3.05, 3.63) is 100 Å². The molecule has 4 nitrogen and oxygen atoms in total. The fourth-order valence-electron chi connectivity index (χ4n) is 3.11. The Labute approximate surface area is 227 Å². The Morgan fingerprint density at radius 1 is 1.03 bits per heavy atom. The van der Waals surface area contributed by atoms with Crippen molar-refractivity contribution in [2.75, 3.05) is 0 Å². The fourth-order valence-corrected chi connectivity index (χ4v) is 5.14. The van der Waals surface area contributed by atoms with Crippen molar-refractivity contribution < 1.29 is 14.3 Å². The van der Waals surface area contributed by atoms with Crippen LogP contribution in [0.3, 0.4) is 0 Å². The Kier molecular flexibility index (Phi) is 8.07. The Morgan fingerprint density at radius 3 is 2.52 bits per heavy atom. The zero-order valence-corrected chi connectivity index (χ0v) is 22.9. The van der Waals surface area contributed by atoms with Gasteiger partial charge in [0.2, 0.25) is 0 Å². The van der Waals surface area contributed by atoms with Gasteiger partial charge in [0.05, 0.1) is 11.4 Å². The first-order valence-electron chi connectivity index (χ1n) is 9.66. The molecule has 1 aliphatic heterocycles. The molecular weight excluding hydrogens is 660 g/mol. The van der Waals surface area contributed by atoms with Gasteiger partial charge in [-0.25, -0.2) is 0 Å². The summed E-state index contributed by atoms with van der Waals surface area (Å²) in [5.41, 5.74) is 2.35. The average Bonchev–Trinajstić information content (AvgIpc) is 3.03. The summed E-state index contributed by atoms with van der Waals surface area (Å²) in [5.74, 6) is 0.240. The van der Waals surface area contributed by atoms with Crippen molar-refractivity contribution in [2.45, 2.75) is 13.2 Å². The number of thioether (sulfide) groups is 1. The third kappa shape index (κ3) is 6.14. The minimum Gasteiger partial charge on any atom is -0.488 e. The van der Waals surface area contributed by atoms with E-state index in [-0.39, 0.29) is 24.3 Å². The molecule has 0 unspecified atom stereocenters. The topological polar surface area (TPSA) is 46.6 Å². The van der Waals surface area contributed by atoms with E-state index in [2.05, 4.69) is 38.5 Å². The number of benzene rings is 3. The lowest BCUT2D eigenvalue weighted by Crippen LogP contribution is -2.27. The molecule has 1 aliphatic rings. The van der Waals surface area contributed by atoms with Gasteiger partial charge in [0.25, 0.3) is 11.1 Å². The van der Waals surface area contributed by atoms with Crippen LogP contribution in [-0.2, 0) is 17.9 Å². The number of hydrogen-bond acceptors (Lipinski definition) is 4. The van der Waals surface area contributed by atoms with E-state index in [1.54, 1.807) is 30.3 Å². The van der Waals surface area contributed by atoms with E-state index in [0.717, 1.165) is 30.9 Å². The zero-order valence-electron chi connectivity index (χ0n) is 16.9. The van der Waals surface area contributed by atoms with E-state index in [0.29, 0.717) is 26.3 Å². The maximum Gasteiger partial charge on any atom is 0.293 e. The van der Waals surface area contributed by atoms with Crippen LogP contribution in [-0.4, -0.2) is 16.0 Å². The number of nitrogens with zero attached hydrogens (tertiary/aromatic N) is 1. The van der Waals surface area contributed by atoms with Crippen LogP contribution in [0.1, 0.15) is 16.7 Å². The van der Waals surface area contributed by atoms with Crippen LogP contribution in [0.15, 0.2) is 70.0 Å². The van der Waals surface area contributed by atoms with Crippen molar-refractivity contribution in [1.29, 1.82) is 0 Å². The average molecular weight is 675 g/mol. The molecule has 0 bridgehead atoms. The first-order valence-corrected chi connectivity index (χ1v) is 13.1. The summed E-state index contributed by atoms with van der Waals surface area (Å²) >= 11 is 18.8.